The summed E-state index contributed by atoms with van der Waals surface area (Å²) in [5.41, 5.74) is 2.19. The number of carbonyl (C=O) groups is 1. The van der Waals surface area contributed by atoms with E-state index in [9.17, 15) is 14.9 Å². The van der Waals surface area contributed by atoms with Crippen molar-refractivity contribution in [2.45, 2.75) is 6.92 Å². The fourth-order valence-electron chi connectivity index (χ4n) is 2.47. The summed E-state index contributed by atoms with van der Waals surface area (Å²) in [5, 5.41) is 10.7. The highest BCUT2D eigenvalue weighted by Gasteiger charge is 2.26. The molecule has 0 bridgehead atoms. The van der Waals surface area contributed by atoms with Crippen molar-refractivity contribution in [3.8, 4) is 5.75 Å². The van der Waals surface area contributed by atoms with E-state index in [1.807, 2.05) is 19.1 Å². The molecule has 1 aliphatic rings. The molecular formula is C18H14N2O5. The van der Waals surface area contributed by atoms with Gasteiger partial charge in [-0.3, -0.25) is 10.1 Å². The molecule has 0 aliphatic carbocycles. The number of nitro groups is 1. The van der Waals surface area contributed by atoms with E-state index in [1.165, 1.54) is 25.3 Å². The number of aliphatic imine (C=N–C) groups is 1. The zero-order valence-corrected chi connectivity index (χ0v) is 13.6. The summed E-state index contributed by atoms with van der Waals surface area (Å²) < 4.78 is 10.6. The highest BCUT2D eigenvalue weighted by Crippen LogP contribution is 2.28. The molecule has 0 unspecified atom stereocenters. The first-order chi connectivity index (χ1) is 12.0. The molecule has 25 heavy (non-hydrogen) atoms. The van der Waals surface area contributed by atoms with Crippen LogP contribution in [0.15, 0.2) is 53.2 Å². The Morgan fingerprint density at radius 2 is 1.92 bits per heavy atom. The fourth-order valence-corrected chi connectivity index (χ4v) is 2.47. The average Bonchev–Trinajstić information content (AvgIpc) is 2.95. The summed E-state index contributed by atoms with van der Waals surface area (Å²) in [4.78, 5) is 26.5. The van der Waals surface area contributed by atoms with E-state index >= 15 is 0 Å². The van der Waals surface area contributed by atoms with Crippen molar-refractivity contribution < 1.29 is 19.2 Å². The minimum atomic E-state index is -0.586. The molecule has 7 nitrogen and oxygen atoms in total. The number of non-ortho nitro benzene ring substituents is 1. The second-order valence-corrected chi connectivity index (χ2v) is 5.34. The van der Waals surface area contributed by atoms with E-state index in [0.29, 0.717) is 16.9 Å². The number of cyclic esters (lactones) is 1. The van der Waals surface area contributed by atoms with E-state index < -0.39 is 10.9 Å². The molecule has 2 aromatic rings. The molecule has 0 fully saturated rings. The predicted molar refractivity (Wildman–Crippen MR) is 91.4 cm³/mol. The standard InChI is InChI=1S/C18H14N2O5/c1-11-4-3-5-14(16(11)24-2)17-19-15(18(21)25-17)10-12-6-8-13(9-7-12)20(22)23/h3-10H,1-2H3/b15-10-. The molecule has 0 atom stereocenters. The van der Waals surface area contributed by atoms with E-state index in [-0.39, 0.29) is 17.3 Å². The summed E-state index contributed by atoms with van der Waals surface area (Å²) in [7, 11) is 1.54. The van der Waals surface area contributed by atoms with Gasteiger partial charge in [0.1, 0.15) is 5.75 Å². The van der Waals surface area contributed by atoms with Gasteiger partial charge in [-0.05, 0) is 42.3 Å². The second-order valence-electron chi connectivity index (χ2n) is 5.34. The van der Waals surface area contributed by atoms with Crippen LogP contribution in [0.2, 0.25) is 0 Å². The molecule has 3 rings (SSSR count). The third-order valence-corrected chi connectivity index (χ3v) is 3.67. The quantitative estimate of drug-likeness (QED) is 0.369. The minimum absolute atomic E-state index is 0.0233. The zero-order chi connectivity index (χ0) is 18.0. The van der Waals surface area contributed by atoms with Gasteiger partial charge in [-0.1, -0.05) is 12.1 Å². The molecule has 0 spiro atoms. The van der Waals surface area contributed by atoms with Gasteiger partial charge in [0.05, 0.1) is 17.6 Å². The molecule has 0 amide bonds. The van der Waals surface area contributed by atoms with Crippen molar-refractivity contribution in [2.75, 3.05) is 7.11 Å². The maximum atomic E-state index is 12.1. The summed E-state index contributed by atoms with van der Waals surface area (Å²) in [6.45, 7) is 1.88. The number of esters is 1. The molecule has 0 aromatic heterocycles. The second kappa shape index (κ2) is 6.56. The molecule has 0 N–H and O–H groups in total. The maximum Gasteiger partial charge on any atom is 0.363 e. The lowest BCUT2D eigenvalue weighted by molar-refractivity contribution is -0.384. The first-order valence-electron chi connectivity index (χ1n) is 7.40. The number of para-hydroxylation sites is 1. The Morgan fingerprint density at radius 1 is 1.20 bits per heavy atom. The van der Waals surface area contributed by atoms with Gasteiger partial charge in [-0.2, -0.15) is 0 Å². The maximum absolute atomic E-state index is 12.1. The van der Waals surface area contributed by atoms with Crippen LogP contribution < -0.4 is 4.74 Å². The van der Waals surface area contributed by atoms with Crippen LogP contribution >= 0.6 is 0 Å². The molecule has 1 heterocycles. The Kier molecular flexibility index (Phi) is 4.30. The Balaban J connectivity index is 1.95. The number of methoxy groups -OCH3 is 1. The van der Waals surface area contributed by atoms with Crippen LogP contribution in [0.3, 0.4) is 0 Å². The van der Waals surface area contributed by atoms with Crippen LogP contribution in [-0.4, -0.2) is 23.9 Å². The smallest absolute Gasteiger partial charge is 0.363 e. The highest BCUT2D eigenvalue weighted by molar-refractivity contribution is 6.13. The van der Waals surface area contributed by atoms with Crippen molar-refractivity contribution in [1.29, 1.82) is 0 Å². The number of rotatable bonds is 4. The summed E-state index contributed by atoms with van der Waals surface area (Å²) >= 11 is 0. The Labute approximate surface area is 143 Å². The third-order valence-electron chi connectivity index (χ3n) is 3.67. The molecule has 2 aromatic carbocycles. The SMILES string of the molecule is COc1c(C)cccc1C1=N/C(=C\c2ccc([N+](=O)[O-])cc2)C(=O)O1. The first-order valence-corrected chi connectivity index (χ1v) is 7.40. The molecule has 0 saturated carbocycles. The molecular weight excluding hydrogens is 324 g/mol. The number of aryl methyl sites for hydroxylation is 1. The van der Waals surface area contributed by atoms with Crippen LogP contribution in [0.1, 0.15) is 16.7 Å². The molecule has 126 valence electrons. The van der Waals surface area contributed by atoms with E-state index in [1.54, 1.807) is 18.2 Å². The zero-order valence-electron chi connectivity index (χ0n) is 13.6. The van der Waals surface area contributed by atoms with Crippen LogP contribution in [-0.2, 0) is 9.53 Å². The molecule has 0 radical (unpaired) electrons. The lowest BCUT2D eigenvalue weighted by Crippen LogP contribution is -2.07. The normalized spacial score (nSPS) is 15.0. The average molecular weight is 338 g/mol. The fraction of sp³-hybridized carbons (Fsp3) is 0.111. The van der Waals surface area contributed by atoms with Gasteiger partial charge in [0.25, 0.3) is 5.69 Å². The van der Waals surface area contributed by atoms with Gasteiger partial charge in [0.15, 0.2) is 5.70 Å². The van der Waals surface area contributed by atoms with Crippen molar-refractivity contribution in [2.24, 2.45) is 4.99 Å². The number of hydrogen-bond acceptors (Lipinski definition) is 6. The van der Waals surface area contributed by atoms with Crippen molar-refractivity contribution in [1.82, 2.24) is 0 Å². The van der Waals surface area contributed by atoms with Gasteiger partial charge in [0, 0.05) is 12.1 Å². The lowest BCUT2D eigenvalue weighted by atomic mass is 10.1. The van der Waals surface area contributed by atoms with Crippen LogP contribution in [0.4, 0.5) is 5.69 Å². The summed E-state index contributed by atoms with van der Waals surface area (Å²) in [5.74, 6) is 0.168. The van der Waals surface area contributed by atoms with E-state index in [0.717, 1.165) is 5.56 Å². The topological polar surface area (TPSA) is 91.0 Å². The number of hydrogen-bond donors (Lipinski definition) is 0. The number of nitrogens with zero attached hydrogens (tertiary/aromatic N) is 2. The van der Waals surface area contributed by atoms with Gasteiger partial charge >= 0.3 is 5.97 Å². The van der Waals surface area contributed by atoms with Gasteiger partial charge in [0.2, 0.25) is 5.90 Å². The minimum Gasteiger partial charge on any atom is -0.496 e. The van der Waals surface area contributed by atoms with Crippen molar-refractivity contribution in [3.63, 3.8) is 0 Å². The highest BCUT2D eigenvalue weighted by atomic mass is 16.6. The molecule has 7 heteroatoms. The summed E-state index contributed by atoms with van der Waals surface area (Å²) in [6.07, 6.45) is 1.52. The van der Waals surface area contributed by atoms with Gasteiger partial charge in [-0.15, -0.1) is 0 Å². The Morgan fingerprint density at radius 3 is 2.56 bits per heavy atom. The molecule has 1 aliphatic heterocycles. The first kappa shape index (κ1) is 16.4. The van der Waals surface area contributed by atoms with E-state index in [4.69, 9.17) is 9.47 Å². The molecule has 0 saturated heterocycles. The largest absolute Gasteiger partial charge is 0.496 e. The lowest BCUT2D eigenvalue weighted by Gasteiger charge is -2.09. The van der Waals surface area contributed by atoms with Crippen LogP contribution in [0.25, 0.3) is 6.08 Å². The number of carbonyl (C=O) groups excluding carboxylic acids is 1. The van der Waals surface area contributed by atoms with Crippen LogP contribution in [0.5, 0.6) is 5.75 Å². The van der Waals surface area contributed by atoms with Crippen LogP contribution in [0, 0.1) is 17.0 Å². The van der Waals surface area contributed by atoms with Gasteiger partial charge in [-0.25, -0.2) is 9.79 Å². The predicted octanol–water partition coefficient (Wildman–Crippen LogP) is 3.26. The number of nitro benzene ring substituents is 1. The summed E-state index contributed by atoms with van der Waals surface area (Å²) in [6, 6.07) is 11.3. The Hall–Kier alpha value is -3.48. The number of ether oxygens (including phenoxy) is 2. The van der Waals surface area contributed by atoms with Gasteiger partial charge < -0.3 is 9.47 Å². The third kappa shape index (κ3) is 3.25. The van der Waals surface area contributed by atoms with Crippen molar-refractivity contribution in [3.05, 3.63) is 75.0 Å². The Bertz CT molecular complexity index is 914. The monoisotopic (exact) mass is 338 g/mol. The number of benzene rings is 2. The van der Waals surface area contributed by atoms with E-state index in [2.05, 4.69) is 4.99 Å². The van der Waals surface area contributed by atoms with Crippen molar-refractivity contribution >= 4 is 23.6 Å².